The molecule has 0 aliphatic carbocycles. The summed E-state index contributed by atoms with van der Waals surface area (Å²) in [5, 5.41) is 2.77. The van der Waals surface area contributed by atoms with E-state index in [-0.39, 0.29) is 10.8 Å². The number of sulfonamides is 1. The molecule has 0 saturated heterocycles. The van der Waals surface area contributed by atoms with Crippen molar-refractivity contribution in [1.82, 2.24) is 0 Å². The Kier molecular flexibility index (Phi) is 7.95. The van der Waals surface area contributed by atoms with Gasteiger partial charge in [0.05, 0.1) is 24.3 Å². The molecule has 0 aromatic heterocycles. The summed E-state index contributed by atoms with van der Waals surface area (Å²) < 4.78 is 38.9. The lowest BCUT2D eigenvalue weighted by atomic mass is 10.2. The predicted octanol–water partition coefficient (Wildman–Crippen LogP) is 4.91. The number of methoxy groups -OCH3 is 1. The third kappa shape index (κ3) is 6.98. The highest BCUT2D eigenvalue weighted by Crippen LogP contribution is 2.28. The number of ether oxygens (including phenoxy) is 2. The molecule has 0 fully saturated rings. The summed E-state index contributed by atoms with van der Waals surface area (Å²) in [7, 11) is -2.33. The minimum Gasteiger partial charge on any atom is -0.495 e. The van der Waals surface area contributed by atoms with Gasteiger partial charge in [-0.3, -0.25) is 9.52 Å². The summed E-state index contributed by atoms with van der Waals surface area (Å²) in [5.41, 5.74) is 2.94. The molecule has 2 N–H and O–H groups in total. The zero-order valence-corrected chi connectivity index (χ0v) is 19.7. The Balaban J connectivity index is 1.52. The van der Waals surface area contributed by atoms with Gasteiger partial charge >= 0.3 is 0 Å². The average molecular weight is 469 g/mol. The lowest BCUT2D eigenvalue weighted by Gasteiger charge is -2.13. The number of carbonyl (C=O) groups is 1. The molecule has 3 aromatic rings. The van der Waals surface area contributed by atoms with Crippen LogP contribution in [0.3, 0.4) is 0 Å². The highest BCUT2D eigenvalue weighted by molar-refractivity contribution is 7.92. The Morgan fingerprint density at radius 2 is 1.58 bits per heavy atom. The molecule has 174 valence electrons. The predicted molar refractivity (Wildman–Crippen MR) is 130 cm³/mol. The van der Waals surface area contributed by atoms with Crippen LogP contribution in [-0.4, -0.2) is 28.0 Å². The van der Waals surface area contributed by atoms with E-state index in [1.165, 1.54) is 19.2 Å². The van der Waals surface area contributed by atoms with Crippen LogP contribution in [0, 0.1) is 13.8 Å². The fourth-order valence-corrected chi connectivity index (χ4v) is 4.16. The van der Waals surface area contributed by atoms with Crippen LogP contribution in [0.1, 0.15) is 24.0 Å². The molecule has 3 rings (SSSR count). The van der Waals surface area contributed by atoms with Crippen molar-refractivity contribution < 1.29 is 22.7 Å². The number of anilines is 2. The van der Waals surface area contributed by atoms with Crippen LogP contribution in [0.2, 0.25) is 0 Å². The van der Waals surface area contributed by atoms with Gasteiger partial charge in [0.2, 0.25) is 5.91 Å². The van der Waals surface area contributed by atoms with E-state index in [1.807, 2.05) is 44.2 Å². The standard InChI is InChI=1S/C25H28N2O5S/c1-18-6-11-21(12-7-18)32-16-4-5-25(28)26-20-9-13-22(14-10-20)33(29,30)27-23-17-19(2)8-15-24(23)31-3/h6-15,17,27H,4-5,16H2,1-3H3,(H,26,28). The second kappa shape index (κ2) is 10.9. The molecule has 8 heteroatoms. The Bertz CT molecular complexity index is 1190. The summed E-state index contributed by atoms with van der Waals surface area (Å²) in [4.78, 5) is 12.3. The van der Waals surface area contributed by atoms with E-state index in [1.54, 1.807) is 24.3 Å². The van der Waals surface area contributed by atoms with Crippen molar-refractivity contribution in [2.24, 2.45) is 0 Å². The number of carbonyl (C=O) groups excluding carboxylic acids is 1. The van der Waals surface area contributed by atoms with E-state index in [2.05, 4.69) is 10.0 Å². The molecule has 0 saturated carbocycles. The van der Waals surface area contributed by atoms with Crippen LogP contribution in [0.15, 0.2) is 71.6 Å². The van der Waals surface area contributed by atoms with Gasteiger partial charge < -0.3 is 14.8 Å². The van der Waals surface area contributed by atoms with Crippen LogP contribution in [0.25, 0.3) is 0 Å². The molecule has 0 unspecified atom stereocenters. The quantitative estimate of drug-likeness (QED) is 0.412. The summed E-state index contributed by atoms with van der Waals surface area (Å²) in [6.45, 7) is 4.30. The average Bonchev–Trinajstić information content (AvgIpc) is 2.78. The minimum absolute atomic E-state index is 0.0792. The first kappa shape index (κ1) is 24.1. The van der Waals surface area contributed by atoms with Crippen molar-refractivity contribution in [2.45, 2.75) is 31.6 Å². The molecule has 7 nitrogen and oxygen atoms in total. The Labute approximate surface area is 194 Å². The van der Waals surface area contributed by atoms with E-state index < -0.39 is 10.0 Å². The van der Waals surface area contributed by atoms with Crippen molar-refractivity contribution in [1.29, 1.82) is 0 Å². The van der Waals surface area contributed by atoms with E-state index in [4.69, 9.17) is 9.47 Å². The number of hydrogen-bond donors (Lipinski definition) is 2. The molecule has 0 spiro atoms. The number of amides is 1. The van der Waals surface area contributed by atoms with Crippen LogP contribution in [-0.2, 0) is 14.8 Å². The molecule has 0 heterocycles. The molecule has 0 radical (unpaired) electrons. The zero-order chi connectivity index (χ0) is 23.8. The molecular weight excluding hydrogens is 440 g/mol. The molecule has 3 aromatic carbocycles. The van der Waals surface area contributed by atoms with Crippen molar-refractivity contribution >= 4 is 27.3 Å². The largest absolute Gasteiger partial charge is 0.495 e. The number of rotatable bonds is 10. The summed E-state index contributed by atoms with van der Waals surface area (Å²) in [6, 6.07) is 19.0. The van der Waals surface area contributed by atoms with Crippen LogP contribution in [0.5, 0.6) is 11.5 Å². The summed E-state index contributed by atoms with van der Waals surface area (Å²) >= 11 is 0. The summed E-state index contributed by atoms with van der Waals surface area (Å²) in [5.74, 6) is 1.04. The van der Waals surface area contributed by atoms with Gasteiger partial charge in [-0.2, -0.15) is 0 Å². The van der Waals surface area contributed by atoms with Gasteiger partial charge in [-0.05, 0) is 74.4 Å². The Morgan fingerprint density at radius 1 is 0.909 bits per heavy atom. The fourth-order valence-electron chi connectivity index (χ4n) is 3.10. The summed E-state index contributed by atoms with van der Waals surface area (Å²) in [6.07, 6.45) is 0.856. The van der Waals surface area contributed by atoms with E-state index >= 15 is 0 Å². The maximum Gasteiger partial charge on any atom is 0.262 e. The normalized spacial score (nSPS) is 11.0. The number of benzene rings is 3. The lowest BCUT2D eigenvalue weighted by molar-refractivity contribution is -0.116. The van der Waals surface area contributed by atoms with Gasteiger partial charge in [0.1, 0.15) is 11.5 Å². The number of hydrogen-bond acceptors (Lipinski definition) is 5. The number of aryl methyl sites for hydroxylation is 2. The molecule has 1 amide bonds. The van der Waals surface area contributed by atoms with Crippen LogP contribution in [0.4, 0.5) is 11.4 Å². The first-order valence-electron chi connectivity index (χ1n) is 10.5. The first-order chi connectivity index (χ1) is 15.8. The van der Waals surface area contributed by atoms with Gasteiger partial charge in [0.25, 0.3) is 10.0 Å². The van der Waals surface area contributed by atoms with Gasteiger partial charge in [-0.25, -0.2) is 8.42 Å². The lowest BCUT2D eigenvalue weighted by Crippen LogP contribution is -2.15. The van der Waals surface area contributed by atoms with Crippen molar-refractivity contribution in [2.75, 3.05) is 23.8 Å². The smallest absolute Gasteiger partial charge is 0.262 e. The number of nitrogens with one attached hydrogen (secondary N) is 2. The molecule has 0 bridgehead atoms. The van der Waals surface area contributed by atoms with E-state index in [9.17, 15) is 13.2 Å². The Morgan fingerprint density at radius 3 is 2.24 bits per heavy atom. The Hall–Kier alpha value is -3.52. The molecule has 0 aliphatic rings. The monoisotopic (exact) mass is 468 g/mol. The van der Waals surface area contributed by atoms with E-state index in [0.29, 0.717) is 36.6 Å². The molecule has 0 aliphatic heterocycles. The SMILES string of the molecule is COc1ccc(C)cc1NS(=O)(=O)c1ccc(NC(=O)CCCOc2ccc(C)cc2)cc1. The van der Waals surface area contributed by atoms with Crippen molar-refractivity contribution in [3.63, 3.8) is 0 Å². The highest BCUT2D eigenvalue weighted by Gasteiger charge is 2.17. The second-order valence-corrected chi connectivity index (χ2v) is 9.33. The molecule has 33 heavy (non-hydrogen) atoms. The maximum atomic E-state index is 12.8. The third-order valence-electron chi connectivity index (χ3n) is 4.89. The van der Waals surface area contributed by atoms with Gasteiger partial charge in [0, 0.05) is 12.1 Å². The van der Waals surface area contributed by atoms with Gasteiger partial charge in [-0.1, -0.05) is 23.8 Å². The zero-order valence-electron chi connectivity index (χ0n) is 18.9. The maximum absolute atomic E-state index is 12.8. The molecular formula is C25H28N2O5S. The van der Waals surface area contributed by atoms with Crippen molar-refractivity contribution in [3.8, 4) is 11.5 Å². The topological polar surface area (TPSA) is 93.7 Å². The fraction of sp³-hybridized carbons (Fsp3) is 0.240. The van der Waals surface area contributed by atoms with Crippen LogP contribution >= 0.6 is 0 Å². The third-order valence-corrected chi connectivity index (χ3v) is 6.27. The molecule has 0 atom stereocenters. The van der Waals surface area contributed by atoms with Crippen molar-refractivity contribution in [3.05, 3.63) is 77.9 Å². The van der Waals surface area contributed by atoms with E-state index in [0.717, 1.165) is 16.9 Å². The second-order valence-electron chi connectivity index (χ2n) is 7.65. The highest BCUT2D eigenvalue weighted by atomic mass is 32.2. The van der Waals surface area contributed by atoms with Gasteiger partial charge in [0.15, 0.2) is 0 Å². The van der Waals surface area contributed by atoms with Crippen LogP contribution < -0.4 is 19.5 Å². The van der Waals surface area contributed by atoms with Gasteiger partial charge in [-0.15, -0.1) is 0 Å². The first-order valence-corrected chi connectivity index (χ1v) is 12.0. The minimum atomic E-state index is -3.81.